The molecule has 3 aromatic rings. The van der Waals surface area contributed by atoms with E-state index in [1.54, 1.807) is 0 Å². The van der Waals surface area contributed by atoms with Crippen molar-refractivity contribution in [2.45, 2.75) is 45.6 Å². The predicted molar refractivity (Wildman–Crippen MR) is 152 cm³/mol. The van der Waals surface area contributed by atoms with Crippen LogP contribution in [0.4, 0.5) is 0 Å². The van der Waals surface area contributed by atoms with Gasteiger partial charge < -0.3 is 14.4 Å². The molecule has 2 fully saturated rings. The highest BCUT2D eigenvalue weighted by Crippen LogP contribution is 2.36. The van der Waals surface area contributed by atoms with Crippen molar-refractivity contribution in [1.82, 2.24) is 14.8 Å². The van der Waals surface area contributed by atoms with E-state index in [0.717, 1.165) is 77.3 Å². The quantitative estimate of drug-likeness (QED) is 0.345. The summed E-state index contributed by atoms with van der Waals surface area (Å²) in [4.78, 5) is 21.3. The van der Waals surface area contributed by atoms with Crippen molar-refractivity contribution in [1.29, 1.82) is 0 Å². The van der Waals surface area contributed by atoms with Gasteiger partial charge in [0.2, 0.25) is 5.91 Å². The van der Waals surface area contributed by atoms with E-state index in [2.05, 4.69) is 59.3 Å². The molecule has 1 atom stereocenters. The predicted octanol–water partition coefficient (Wildman–Crippen LogP) is 5.64. The van der Waals surface area contributed by atoms with Gasteiger partial charge in [-0.05, 0) is 72.6 Å². The first kappa shape index (κ1) is 26.8. The van der Waals surface area contributed by atoms with Gasteiger partial charge in [-0.25, -0.2) is 0 Å². The molecule has 0 bridgehead atoms. The molecule has 2 aliphatic rings. The van der Waals surface area contributed by atoms with Gasteiger partial charge >= 0.3 is 0 Å². The van der Waals surface area contributed by atoms with Crippen LogP contribution in [0.3, 0.4) is 0 Å². The molecule has 1 amide bonds. The minimum absolute atomic E-state index is 0.0481. The van der Waals surface area contributed by atoms with Crippen molar-refractivity contribution in [3.05, 3.63) is 65.9 Å². The Balaban J connectivity index is 1.30. The van der Waals surface area contributed by atoms with Crippen LogP contribution >= 0.6 is 0 Å². The molecule has 0 saturated carbocycles. The number of amides is 1. The lowest BCUT2D eigenvalue weighted by Crippen LogP contribution is -2.40. The van der Waals surface area contributed by atoms with E-state index in [1.165, 1.54) is 27.6 Å². The van der Waals surface area contributed by atoms with Crippen LogP contribution in [-0.4, -0.2) is 73.2 Å². The van der Waals surface area contributed by atoms with Crippen molar-refractivity contribution in [2.24, 2.45) is 5.92 Å². The zero-order valence-electron chi connectivity index (χ0n) is 22.9. The molecule has 6 heteroatoms. The van der Waals surface area contributed by atoms with Gasteiger partial charge in [-0.15, -0.1) is 0 Å². The largest absolute Gasteiger partial charge is 0.379 e. The fraction of sp³-hybridized carbons (Fsp3) is 0.500. The molecule has 0 N–H and O–H groups in total. The summed E-state index contributed by atoms with van der Waals surface area (Å²) < 4.78 is 12.1. The summed E-state index contributed by atoms with van der Waals surface area (Å²) in [6.45, 7) is 11.2. The lowest BCUT2D eigenvalue weighted by Gasteiger charge is -2.36. The minimum Gasteiger partial charge on any atom is -0.379 e. The van der Waals surface area contributed by atoms with Gasteiger partial charge in [0.05, 0.1) is 24.8 Å². The molecule has 0 spiro atoms. The summed E-state index contributed by atoms with van der Waals surface area (Å²) in [7, 11) is 0. The number of fused-ring (bicyclic) bond motifs is 1. The molecule has 0 radical (unpaired) electrons. The van der Waals surface area contributed by atoms with E-state index >= 15 is 0 Å². The van der Waals surface area contributed by atoms with Crippen LogP contribution in [-0.2, 0) is 14.3 Å². The van der Waals surface area contributed by atoms with Gasteiger partial charge in [0, 0.05) is 57.3 Å². The van der Waals surface area contributed by atoms with E-state index in [9.17, 15) is 4.79 Å². The highest BCUT2D eigenvalue weighted by atomic mass is 16.5. The molecule has 2 aromatic carbocycles. The van der Waals surface area contributed by atoms with Gasteiger partial charge in [-0.3, -0.25) is 14.7 Å². The van der Waals surface area contributed by atoms with Crippen LogP contribution < -0.4 is 0 Å². The number of carbonyl (C=O) groups is 1. The molecule has 202 valence electrons. The average molecular weight is 516 g/mol. The van der Waals surface area contributed by atoms with E-state index in [4.69, 9.17) is 9.47 Å². The molecular formula is C32H41N3O3. The molecule has 6 nitrogen and oxygen atoms in total. The van der Waals surface area contributed by atoms with Crippen molar-refractivity contribution < 1.29 is 14.3 Å². The van der Waals surface area contributed by atoms with E-state index < -0.39 is 0 Å². The number of aromatic nitrogens is 1. The van der Waals surface area contributed by atoms with E-state index in [1.807, 2.05) is 24.1 Å². The fourth-order valence-electron chi connectivity index (χ4n) is 5.90. The number of nitrogens with zero attached hydrogens (tertiary/aromatic N) is 3. The number of carbonyl (C=O) groups excluding carboxylic acids is 1. The Hall–Kier alpha value is -2.80. The summed E-state index contributed by atoms with van der Waals surface area (Å²) in [6, 6.07) is 17.5. The Bertz CT molecular complexity index is 1200. The lowest BCUT2D eigenvalue weighted by atomic mass is 9.86. The first-order chi connectivity index (χ1) is 18.6. The standard InChI is InChI=1S/C32H41N3O3/c1-3-31(36)35-15-11-27(12-16-35)32(38-19-5-14-34-17-20-37-21-18-34)26-9-7-25(8-10-26)29-23-30-28(22-24(29)2)6-4-13-33-30/h4,6-10,13,22-23,27,32H,3,5,11-12,14-21H2,1-2H3. The second kappa shape index (κ2) is 12.8. The zero-order chi connectivity index (χ0) is 26.3. The van der Waals surface area contributed by atoms with E-state index in [0.29, 0.717) is 12.3 Å². The van der Waals surface area contributed by atoms with Crippen LogP contribution in [0.1, 0.15) is 49.8 Å². The molecule has 1 unspecified atom stereocenters. The minimum atomic E-state index is 0.0481. The molecular weight excluding hydrogens is 474 g/mol. The third kappa shape index (κ3) is 6.42. The van der Waals surface area contributed by atoms with Crippen LogP contribution in [0.25, 0.3) is 22.0 Å². The first-order valence-electron chi connectivity index (χ1n) is 14.3. The number of ether oxygens (including phenoxy) is 2. The molecule has 38 heavy (non-hydrogen) atoms. The molecule has 1 aromatic heterocycles. The smallest absolute Gasteiger partial charge is 0.222 e. The molecule has 2 aliphatic heterocycles. The van der Waals surface area contributed by atoms with Crippen LogP contribution in [0.2, 0.25) is 0 Å². The molecule has 2 saturated heterocycles. The van der Waals surface area contributed by atoms with Crippen molar-refractivity contribution in [3.8, 4) is 11.1 Å². The summed E-state index contributed by atoms with van der Waals surface area (Å²) in [5, 5.41) is 1.17. The second-order valence-electron chi connectivity index (χ2n) is 10.7. The summed E-state index contributed by atoms with van der Waals surface area (Å²) in [5.74, 6) is 0.674. The first-order valence-corrected chi connectivity index (χ1v) is 14.3. The maximum Gasteiger partial charge on any atom is 0.222 e. The zero-order valence-corrected chi connectivity index (χ0v) is 22.9. The number of pyridine rings is 1. The SMILES string of the molecule is CCC(=O)N1CCC(C(OCCCN2CCOCC2)c2ccc(-c3cc4ncccc4cc3C)cc2)CC1. The number of rotatable bonds is 9. The van der Waals surface area contributed by atoms with Gasteiger partial charge in [0.15, 0.2) is 0 Å². The number of likely N-dealkylation sites (tertiary alicyclic amines) is 1. The summed E-state index contributed by atoms with van der Waals surface area (Å²) >= 11 is 0. The van der Waals surface area contributed by atoms with Gasteiger partial charge in [-0.2, -0.15) is 0 Å². The Morgan fingerprint density at radius 1 is 1.08 bits per heavy atom. The number of morpholine rings is 1. The number of piperidine rings is 1. The summed E-state index contributed by atoms with van der Waals surface area (Å²) in [5.41, 5.74) is 5.93. The Morgan fingerprint density at radius 3 is 2.58 bits per heavy atom. The molecule has 3 heterocycles. The fourth-order valence-corrected chi connectivity index (χ4v) is 5.90. The monoisotopic (exact) mass is 515 g/mol. The van der Waals surface area contributed by atoms with Crippen molar-refractivity contribution >= 4 is 16.8 Å². The number of aryl methyl sites for hydroxylation is 1. The van der Waals surface area contributed by atoms with Gasteiger partial charge in [0.1, 0.15) is 0 Å². The third-order valence-corrected chi connectivity index (χ3v) is 8.14. The topological polar surface area (TPSA) is 54.9 Å². The van der Waals surface area contributed by atoms with E-state index in [-0.39, 0.29) is 12.0 Å². The second-order valence-corrected chi connectivity index (χ2v) is 10.7. The molecule has 5 rings (SSSR count). The van der Waals surface area contributed by atoms with Crippen LogP contribution in [0.15, 0.2) is 54.7 Å². The van der Waals surface area contributed by atoms with Gasteiger partial charge in [0.25, 0.3) is 0 Å². The number of hydrogen-bond donors (Lipinski definition) is 0. The highest BCUT2D eigenvalue weighted by molar-refractivity contribution is 5.86. The number of hydrogen-bond acceptors (Lipinski definition) is 5. The van der Waals surface area contributed by atoms with Gasteiger partial charge in [-0.1, -0.05) is 37.3 Å². The number of benzene rings is 2. The Morgan fingerprint density at radius 2 is 1.84 bits per heavy atom. The average Bonchev–Trinajstić information content (AvgIpc) is 2.97. The summed E-state index contributed by atoms with van der Waals surface area (Å²) in [6.07, 6.45) is 5.47. The maximum atomic E-state index is 12.2. The Kier molecular flexibility index (Phi) is 9.05. The Labute approximate surface area is 226 Å². The third-order valence-electron chi connectivity index (χ3n) is 8.14. The lowest BCUT2D eigenvalue weighted by molar-refractivity contribution is -0.133. The molecule has 0 aliphatic carbocycles. The normalized spacial score (nSPS) is 18.1. The highest BCUT2D eigenvalue weighted by Gasteiger charge is 2.30. The van der Waals surface area contributed by atoms with Crippen LogP contribution in [0.5, 0.6) is 0 Å². The maximum absolute atomic E-state index is 12.2. The van der Waals surface area contributed by atoms with Crippen LogP contribution in [0, 0.1) is 12.8 Å². The van der Waals surface area contributed by atoms with Crippen molar-refractivity contribution in [2.75, 3.05) is 52.5 Å². The van der Waals surface area contributed by atoms with Crippen molar-refractivity contribution in [3.63, 3.8) is 0 Å².